The monoisotopic (exact) mass is 450 g/mol. The summed E-state index contributed by atoms with van der Waals surface area (Å²) in [6, 6.07) is 7.98. The van der Waals surface area contributed by atoms with Crippen LogP contribution in [0.1, 0.15) is 60.3 Å². The third-order valence-electron chi connectivity index (χ3n) is 6.52. The molecule has 1 aliphatic heterocycles. The smallest absolute Gasteiger partial charge is 0.341 e. The molecule has 168 valence electrons. The number of ether oxygens (including phenoxy) is 1. The van der Waals surface area contributed by atoms with Gasteiger partial charge in [-0.15, -0.1) is 11.3 Å². The molecular formula is C25H30N4O2S. The number of rotatable bonds is 5. The average molecular weight is 451 g/mol. The molecule has 1 saturated heterocycles. The lowest BCUT2D eigenvalue weighted by Gasteiger charge is -2.32. The van der Waals surface area contributed by atoms with Gasteiger partial charge in [0.2, 0.25) is 0 Å². The fourth-order valence-corrected chi connectivity index (χ4v) is 5.97. The number of fused-ring (bicyclic) bond motifs is 2. The number of hydrogen-bond donors (Lipinski definition) is 1. The third kappa shape index (κ3) is 4.06. The van der Waals surface area contributed by atoms with Crippen LogP contribution in [0.25, 0.3) is 11.0 Å². The summed E-state index contributed by atoms with van der Waals surface area (Å²) in [5.74, 6) is 2.09. The van der Waals surface area contributed by atoms with E-state index in [9.17, 15) is 4.79 Å². The molecule has 0 atom stereocenters. The summed E-state index contributed by atoms with van der Waals surface area (Å²) < 4.78 is 5.44. The van der Waals surface area contributed by atoms with Crippen LogP contribution in [0.3, 0.4) is 0 Å². The predicted octanol–water partition coefficient (Wildman–Crippen LogP) is 5.73. The lowest BCUT2D eigenvalue weighted by atomic mass is 9.95. The Morgan fingerprint density at radius 1 is 1.16 bits per heavy atom. The van der Waals surface area contributed by atoms with Crippen molar-refractivity contribution in [1.82, 2.24) is 9.97 Å². The highest BCUT2D eigenvalue weighted by molar-refractivity contribution is 7.16. The van der Waals surface area contributed by atoms with Crippen LogP contribution in [0.2, 0.25) is 0 Å². The maximum absolute atomic E-state index is 12.9. The number of thiophene rings is 1. The van der Waals surface area contributed by atoms with E-state index in [0.29, 0.717) is 12.2 Å². The van der Waals surface area contributed by atoms with Crippen molar-refractivity contribution in [2.24, 2.45) is 5.92 Å². The van der Waals surface area contributed by atoms with Crippen LogP contribution in [0.5, 0.6) is 0 Å². The second kappa shape index (κ2) is 9.06. The number of aryl methyl sites for hydroxylation is 1. The number of hydrogen-bond acceptors (Lipinski definition) is 7. The van der Waals surface area contributed by atoms with Gasteiger partial charge in [-0.2, -0.15) is 0 Å². The second-order valence-electron chi connectivity index (χ2n) is 8.81. The van der Waals surface area contributed by atoms with Gasteiger partial charge in [-0.25, -0.2) is 14.8 Å². The zero-order chi connectivity index (χ0) is 22.1. The van der Waals surface area contributed by atoms with Gasteiger partial charge in [0.25, 0.3) is 0 Å². The van der Waals surface area contributed by atoms with E-state index >= 15 is 0 Å². The first-order valence-corrected chi connectivity index (χ1v) is 12.6. The number of benzene rings is 1. The van der Waals surface area contributed by atoms with E-state index in [-0.39, 0.29) is 5.97 Å². The number of piperidine rings is 1. The minimum Gasteiger partial charge on any atom is -0.462 e. The Bertz CT molecular complexity index is 1130. The molecular weight excluding hydrogens is 420 g/mol. The zero-order valence-electron chi connectivity index (χ0n) is 18.8. The molecule has 3 aromatic rings. The van der Waals surface area contributed by atoms with E-state index in [4.69, 9.17) is 14.7 Å². The molecule has 0 bridgehead atoms. The molecule has 0 amide bonds. The van der Waals surface area contributed by atoms with Crippen molar-refractivity contribution >= 4 is 45.0 Å². The van der Waals surface area contributed by atoms with Gasteiger partial charge >= 0.3 is 5.97 Å². The molecule has 0 saturated carbocycles. The summed E-state index contributed by atoms with van der Waals surface area (Å²) >= 11 is 1.67. The van der Waals surface area contributed by atoms with Crippen molar-refractivity contribution in [2.45, 2.75) is 52.4 Å². The molecule has 1 aliphatic carbocycles. The number of carbonyl (C=O) groups is 1. The van der Waals surface area contributed by atoms with E-state index in [1.165, 1.54) is 11.3 Å². The zero-order valence-corrected chi connectivity index (χ0v) is 19.6. The molecule has 2 aromatic heterocycles. The molecule has 1 N–H and O–H groups in total. The molecule has 6 nitrogen and oxygen atoms in total. The average Bonchev–Trinajstić information content (AvgIpc) is 3.17. The highest BCUT2D eigenvalue weighted by Gasteiger charge is 2.28. The fourth-order valence-electron chi connectivity index (χ4n) is 4.70. The maximum Gasteiger partial charge on any atom is 0.341 e. The van der Waals surface area contributed by atoms with Crippen LogP contribution in [0, 0.1) is 5.92 Å². The minimum atomic E-state index is -0.239. The van der Waals surface area contributed by atoms with Gasteiger partial charge in [0.1, 0.15) is 5.00 Å². The van der Waals surface area contributed by atoms with Crippen molar-refractivity contribution in [1.29, 1.82) is 0 Å². The third-order valence-corrected chi connectivity index (χ3v) is 7.73. The fraction of sp³-hybridized carbons (Fsp3) is 0.480. The standard InChI is InChI=1S/C25H30N4O2S/c1-3-31-25(30)21-17-8-4-7-11-20(17)32-24(21)28-22-23(29-14-12-16(2)13-15-29)27-19-10-6-5-9-18(19)26-22/h5-6,9-10,16H,3-4,7-8,11-15H2,1-2H3,(H,26,28). The van der Waals surface area contributed by atoms with Gasteiger partial charge in [-0.05, 0) is 69.1 Å². The van der Waals surface area contributed by atoms with E-state index in [2.05, 4.69) is 17.1 Å². The van der Waals surface area contributed by atoms with Gasteiger partial charge in [-0.3, -0.25) is 0 Å². The molecule has 5 rings (SSSR count). The second-order valence-corrected chi connectivity index (χ2v) is 9.92. The molecule has 0 radical (unpaired) electrons. The number of esters is 1. The van der Waals surface area contributed by atoms with Crippen molar-refractivity contribution in [3.63, 3.8) is 0 Å². The summed E-state index contributed by atoms with van der Waals surface area (Å²) in [5, 5.41) is 4.38. The number of para-hydroxylation sites is 2. The van der Waals surface area contributed by atoms with Crippen molar-refractivity contribution in [3.8, 4) is 0 Å². The number of nitrogens with one attached hydrogen (secondary N) is 1. The lowest BCUT2D eigenvalue weighted by molar-refractivity contribution is 0.0526. The van der Waals surface area contributed by atoms with Crippen LogP contribution in [-0.4, -0.2) is 35.6 Å². The molecule has 32 heavy (non-hydrogen) atoms. The molecule has 1 aromatic carbocycles. The first kappa shape index (κ1) is 21.2. The van der Waals surface area contributed by atoms with Crippen molar-refractivity contribution in [2.75, 3.05) is 29.9 Å². The van der Waals surface area contributed by atoms with E-state index in [1.54, 1.807) is 11.3 Å². The van der Waals surface area contributed by atoms with Gasteiger partial charge in [-0.1, -0.05) is 19.1 Å². The van der Waals surface area contributed by atoms with Crippen molar-refractivity contribution < 1.29 is 9.53 Å². The van der Waals surface area contributed by atoms with Gasteiger partial charge in [0.15, 0.2) is 11.6 Å². The molecule has 1 fully saturated rings. The molecule has 2 aliphatic rings. The first-order valence-electron chi connectivity index (χ1n) is 11.7. The number of aromatic nitrogens is 2. The SMILES string of the molecule is CCOC(=O)c1c(Nc2nc3ccccc3nc2N2CCC(C)CC2)sc2c1CCCC2. The van der Waals surface area contributed by atoms with Crippen LogP contribution in [0.15, 0.2) is 24.3 Å². The van der Waals surface area contributed by atoms with E-state index in [0.717, 1.165) is 84.3 Å². The summed E-state index contributed by atoms with van der Waals surface area (Å²) in [7, 11) is 0. The summed E-state index contributed by atoms with van der Waals surface area (Å²) in [6.45, 7) is 6.47. The van der Waals surface area contributed by atoms with Crippen LogP contribution in [-0.2, 0) is 17.6 Å². The Kier molecular flexibility index (Phi) is 6.00. The number of carbonyl (C=O) groups excluding carboxylic acids is 1. The summed E-state index contributed by atoms with van der Waals surface area (Å²) in [6.07, 6.45) is 6.53. The van der Waals surface area contributed by atoms with Gasteiger partial charge in [0.05, 0.1) is 23.2 Å². The van der Waals surface area contributed by atoms with Crippen LogP contribution in [0.4, 0.5) is 16.6 Å². The van der Waals surface area contributed by atoms with Crippen molar-refractivity contribution in [3.05, 3.63) is 40.3 Å². The molecule has 0 unspecified atom stereocenters. The quantitative estimate of drug-likeness (QED) is 0.501. The van der Waals surface area contributed by atoms with E-state index < -0.39 is 0 Å². The number of nitrogens with zero attached hydrogens (tertiary/aromatic N) is 3. The Morgan fingerprint density at radius 2 is 1.88 bits per heavy atom. The Morgan fingerprint density at radius 3 is 2.62 bits per heavy atom. The Labute approximate surface area is 193 Å². The largest absolute Gasteiger partial charge is 0.462 e. The summed E-state index contributed by atoms with van der Waals surface area (Å²) in [5.41, 5.74) is 3.59. The Balaban J connectivity index is 1.58. The normalized spacial score (nSPS) is 16.8. The summed E-state index contributed by atoms with van der Waals surface area (Å²) in [4.78, 5) is 26.5. The van der Waals surface area contributed by atoms with E-state index in [1.807, 2.05) is 31.2 Å². The van der Waals surface area contributed by atoms with Crippen LogP contribution < -0.4 is 10.2 Å². The maximum atomic E-state index is 12.9. The minimum absolute atomic E-state index is 0.239. The van der Waals surface area contributed by atoms with Gasteiger partial charge in [0, 0.05) is 18.0 Å². The highest BCUT2D eigenvalue weighted by atomic mass is 32.1. The number of anilines is 3. The lowest BCUT2D eigenvalue weighted by Crippen LogP contribution is -2.34. The molecule has 3 heterocycles. The molecule has 0 spiro atoms. The predicted molar refractivity (Wildman–Crippen MR) is 130 cm³/mol. The molecule has 7 heteroatoms. The topological polar surface area (TPSA) is 67.3 Å². The Hall–Kier alpha value is -2.67. The van der Waals surface area contributed by atoms with Crippen LogP contribution >= 0.6 is 11.3 Å². The highest BCUT2D eigenvalue weighted by Crippen LogP contribution is 2.41. The first-order chi connectivity index (χ1) is 15.6. The van der Waals surface area contributed by atoms with Gasteiger partial charge < -0.3 is 15.0 Å².